The highest BCUT2D eigenvalue weighted by Crippen LogP contribution is 2.07. The fourth-order valence-electron chi connectivity index (χ4n) is 0.875. The first-order chi connectivity index (χ1) is 6.42. The van der Waals surface area contributed by atoms with E-state index in [4.69, 9.17) is 5.11 Å². The van der Waals surface area contributed by atoms with Crippen LogP contribution in [0.4, 0.5) is 0 Å². The molecule has 0 saturated heterocycles. The van der Waals surface area contributed by atoms with Crippen molar-refractivity contribution in [2.24, 2.45) is 0 Å². The summed E-state index contributed by atoms with van der Waals surface area (Å²) in [7, 11) is -3.79. The van der Waals surface area contributed by atoms with E-state index < -0.39 is 21.6 Å². The molecule has 0 fully saturated rings. The lowest BCUT2D eigenvalue weighted by Gasteiger charge is -2.00. The number of hydrogen-bond donors (Lipinski definition) is 1. The largest absolute Gasteiger partial charge is 0.480 e. The van der Waals surface area contributed by atoms with Crippen LogP contribution in [0.25, 0.3) is 0 Å². The zero-order valence-electron chi connectivity index (χ0n) is 7.47. The number of rotatable bonds is 3. The molecule has 14 heavy (non-hydrogen) atoms. The molecular formula is C8H9NO4S. The van der Waals surface area contributed by atoms with Crippen LogP contribution in [0.1, 0.15) is 5.56 Å². The highest BCUT2D eigenvalue weighted by atomic mass is 32.2. The van der Waals surface area contributed by atoms with Crippen LogP contribution in [0, 0.1) is 6.92 Å². The van der Waals surface area contributed by atoms with E-state index in [1.54, 1.807) is 13.0 Å². The molecule has 76 valence electrons. The van der Waals surface area contributed by atoms with Crippen LogP contribution >= 0.6 is 0 Å². The minimum absolute atomic E-state index is 0.203. The average molecular weight is 215 g/mol. The number of aliphatic carboxylic acids is 1. The molecule has 1 aromatic heterocycles. The Kier molecular flexibility index (Phi) is 2.85. The van der Waals surface area contributed by atoms with Crippen molar-refractivity contribution in [3.8, 4) is 0 Å². The van der Waals surface area contributed by atoms with Gasteiger partial charge in [-0.25, -0.2) is 13.4 Å². The summed E-state index contributed by atoms with van der Waals surface area (Å²) in [5.74, 6) is -2.31. The van der Waals surface area contributed by atoms with E-state index in [-0.39, 0.29) is 5.03 Å². The number of carbonyl (C=O) groups is 1. The molecule has 6 heteroatoms. The third-order valence-electron chi connectivity index (χ3n) is 1.52. The highest BCUT2D eigenvalue weighted by molar-refractivity contribution is 7.92. The molecule has 0 aliphatic rings. The van der Waals surface area contributed by atoms with Crippen molar-refractivity contribution in [2.45, 2.75) is 11.9 Å². The highest BCUT2D eigenvalue weighted by Gasteiger charge is 2.19. The Morgan fingerprint density at radius 3 is 2.57 bits per heavy atom. The van der Waals surface area contributed by atoms with Crippen molar-refractivity contribution in [1.29, 1.82) is 0 Å². The summed E-state index contributed by atoms with van der Waals surface area (Å²) in [6.07, 6.45) is 1.38. The Bertz CT molecular complexity index is 435. The van der Waals surface area contributed by atoms with Crippen LogP contribution < -0.4 is 0 Å². The Morgan fingerprint density at radius 2 is 2.14 bits per heavy atom. The molecule has 0 atom stereocenters. The number of nitrogens with zero attached hydrogens (tertiary/aromatic N) is 1. The fraction of sp³-hybridized carbons (Fsp3) is 0.250. The molecule has 1 N–H and O–H groups in total. The minimum atomic E-state index is -3.79. The lowest BCUT2D eigenvalue weighted by atomic mass is 10.3. The molecule has 0 amide bonds. The van der Waals surface area contributed by atoms with Gasteiger partial charge < -0.3 is 5.11 Å². The van der Waals surface area contributed by atoms with Gasteiger partial charge in [0.1, 0.15) is 0 Å². The second-order valence-corrected chi connectivity index (χ2v) is 4.76. The fourth-order valence-corrected chi connectivity index (χ4v) is 1.84. The standard InChI is InChI=1S/C8H9NO4S/c1-6-2-3-7(9-4-6)14(12,13)5-8(10)11/h2-4H,5H2,1H3,(H,10,11). The van der Waals surface area contributed by atoms with Crippen molar-refractivity contribution in [3.63, 3.8) is 0 Å². The van der Waals surface area contributed by atoms with Gasteiger partial charge in [-0.1, -0.05) is 6.07 Å². The topological polar surface area (TPSA) is 84.3 Å². The Morgan fingerprint density at radius 1 is 1.50 bits per heavy atom. The van der Waals surface area contributed by atoms with E-state index in [0.29, 0.717) is 0 Å². The number of pyridine rings is 1. The molecule has 0 radical (unpaired) electrons. The Hall–Kier alpha value is -1.43. The number of hydrogen-bond acceptors (Lipinski definition) is 4. The molecule has 5 nitrogen and oxygen atoms in total. The Balaban J connectivity index is 3.05. The third-order valence-corrected chi connectivity index (χ3v) is 3.02. The molecule has 0 unspecified atom stereocenters. The molecule has 0 bridgehead atoms. The number of aryl methyl sites for hydroxylation is 1. The predicted molar refractivity (Wildman–Crippen MR) is 48.7 cm³/mol. The number of carboxylic acids is 1. The van der Waals surface area contributed by atoms with Gasteiger partial charge in [0, 0.05) is 6.20 Å². The van der Waals surface area contributed by atoms with Crippen molar-refractivity contribution in [1.82, 2.24) is 4.98 Å². The van der Waals surface area contributed by atoms with Crippen LogP contribution in [0.5, 0.6) is 0 Å². The van der Waals surface area contributed by atoms with Gasteiger partial charge in [0.15, 0.2) is 10.8 Å². The van der Waals surface area contributed by atoms with E-state index in [2.05, 4.69) is 4.98 Å². The maximum Gasteiger partial charge on any atom is 0.319 e. The summed E-state index contributed by atoms with van der Waals surface area (Å²) in [5.41, 5.74) is 0.819. The van der Waals surface area contributed by atoms with Gasteiger partial charge in [-0.15, -0.1) is 0 Å². The smallest absolute Gasteiger partial charge is 0.319 e. The molecule has 1 rings (SSSR count). The second kappa shape index (κ2) is 3.75. The molecule has 0 saturated carbocycles. The van der Waals surface area contributed by atoms with Crippen LogP contribution in [0.3, 0.4) is 0 Å². The van der Waals surface area contributed by atoms with Gasteiger partial charge in [0.2, 0.25) is 9.84 Å². The van der Waals surface area contributed by atoms with Crippen LogP contribution in [0.15, 0.2) is 23.4 Å². The van der Waals surface area contributed by atoms with E-state index in [0.717, 1.165) is 5.56 Å². The second-order valence-electron chi connectivity index (χ2n) is 2.83. The molecule has 1 heterocycles. The number of sulfone groups is 1. The summed E-state index contributed by atoms with van der Waals surface area (Å²) in [6, 6.07) is 2.87. The molecule has 0 aliphatic carbocycles. The third kappa shape index (κ3) is 2.53. The molecule has 1 aromatic rings. The molecular weight excluding hydrogens is 206 g/mol. The van der Waals surface area contributed by atoms with Gasteiger partial charge in [0.05, 0.1) is 0 Å². The average Bonchev–Trinajstić information content (AvgIpc) is 2.02. The van der Waals surface area contributed by atoms with Crippen molar-refractivity contribution in [2.75, 3.05) is 5.75 Å². The van der Waals surface area contributed by atoms with Gasteiger partial charge >= 0.3 is 5.97 Å². The predicted octanol–water partition coefficient (Wildman–Crippen LogP) is 0.248. The lowest BCUT2D eigenvalue weighted by Crippen LogP contribution is -2.16. The maximum absolute atomic E-state index is 11.3. The van der Waals surface area contributed by atoms with E-state index in [1.807, 2.05) is 0 Å². The normalized spacial score (nSPS) is 11.2. The summed E-state index contributed by atoms with van der Waals surface area (Å²) in [6.45, 7) is 1.76. The SMILES string of the molecule is Cc1ccc(S(=O)(=O)CC(=O)O)nc1. The lowest BCUT2D eigenvalue weighted by molar-refractivity contribution is -0.134. The van der Waals surface area contributed by atoms with Crippen LogP contribution in [0.2, 0.25) is 0 Å². The monoisotopic (exact) mass is 215 g/mol. The quantitative estimate of drug-likeness (QED) is 0.781. The summed E-state index contributed by atoms with van der Waals surface area (Å²) in [5, 5.41) is 8.15. The molecule has 0 aliphatic heterocycles. The van der Waals surface area contributed by atoms with Crippen LogP contribution in [-0.4, -0.2) is 30.2 Å². The van der Waals surface area contributed by atoms with E-state index in [9.17, 15) is 13.2 Å². The first-order valence-corrected chi connectivity index (χ1v) is 5.44. The van der Waals surface area contributed by atoms with Crippen LogP contribution in [-0.2, 0) is 14.6 Å². The van der Waals surface area contributed by atoms with Gasteiger partial charge in [0.25, 0.3) is 0 Å². The first kappa shape index (κ1) is 10.6. The molecule has 0 aromatic carbocycles. The zero-order chi connectivity index (χ0) is 10.8. The van der Waals surface area contributed by atoms with Crippen molar-refractivity contribution < 1.29 is 18.3 Å². The van der Waals surface area contributed by atoms with Crippen molar-refractivity contribution in [3.05, 3.63) is 23.9 Å². The summed E-state index contributed by atoms with van der Waals surface area (Å²) in [4.78, 5) is 13.9. The summed E-state index contributed by atoms with van der Waals surface area (Å²) < 4.78 is 22.6. The van der Waals surface area contributed by atoms with Gasteiger partial charge in [-0.2, -0.15) is 0 Å². The number of aromatic nitrogens is 1. The minimum Gasteiger partial charge on any atom is -0.480 e. The van der Waals surface area contributed by atoms with Gasteiger partial charge in [-0.3, -0.25) is 4.79 Å². The van der Waals surface area contributed by atoms with E-state index >= 15 is 0 Å². The van der Waals surface area contributed by atoms with Gasteiger partial charge in [-0.05, 0) is 18.6 Å². The summed E-state index contributed by atoms with van der Waals surface area (Å²) >= 11 is 0. The maximum atomic E-state index is 11.3. The Labute approximate surface area is 81.3 Å². The zero-order valence-corrected chi connectivity index (χ0v) is 8.28. The van der Waals surface area contributed by atoms with Crippen molar-refractivity contribution >= 4 is 15.8 Å². The molecule has 0 spiro atoms. The first-order valence-electron chi connectivity index (χ1n) is 3.79. The van der Waals surface area contributed by atoms with E-state index in [1.165, 1.54) is 12.3 Å². The number of carboxylic acid groups (broad SMARTS) is 1.